The van der Waals surface area contributed by atoms with Crippen LogP contribution in [-0.4, -0.2) is 41.4 Å². The maximum absolute atomic E-state index is 13.2. The molecule has 1 aromatic carbocycles. The van der Waals surface area contributed by atoms with Gasteiger partial charge in [0, 0.05) is 24.6 Å². The smallest absolute Gasteiger partial charge is 0.416 e. The minimum atomic E-state index is -4.62. The van der Waals surface area contributed by atoms with Gasteiger partial charge in [0.1, 0.15) is 6.07 Å². The van der Waals surface area contributed by atoms with E-state index < -0.39 is 47.8 Å². The minimum absolute atomic E-state index is 0.0902. The summed E-state index contributed by atoms with van der Waals surface area (Å²) in [5.41, 5.74) is -0.635. The van der Waals surface area contributed by atoms with Crippen molar-refractivity contribution in [2.75, 3.05) is 12.4 Å². The van der Waals surface area contributed by atoms with Gasteiger partial charge in [-0.3, -0.25) is 4.79 Å². The summed E-state index contributed by atoms with van der Waals surface area (Å²) in [5, 5.41) is 22.0. The van der Waals surface area contributed by atoms with Gasteiger partial charge in [-0.2, -0.15) is 18.4 Å². The van der Waals surface area contributed by atoms with Crippen LogP contribution < -0.4 is 10.1 Å². The summed E-state index contributed by atoms with van der Waals surface area (Å²) >= 11 is 0. The quantitative estimate of drug-likeness (QED) is 0.769. The molecule has 7 nitrogen and oxygen atoms in total. The fourth-order valence-corrected chi connectivity index (χ4v) is 4.32. The van der Waals surface area contributed by atoms with Gasteiger partial charge in [0.25, 0.3) is 0 Å². The molecule has 162 valence electrons. The van der Waals surface area contributed by atoms with Crippen LogP contribution in [0.25, 0.3) is 0 Å². The van der Waals surface area contributed by atoms with E-state index in [-0.39, 0.29) is 17.7 Å². The molecule has 0 aliphatic carbocycles. The second-order valence-corrected chi connectivity index (χ2v) is 7.48. The zero-order valence-corrected chi connectivity index (χ0v) is 16.3. The van der Waals surface area contributed by atoms with E-state index in [4.69, 9.17) is 9.47 Å². The summed E-state index contributed by atoms with van der Waals surface area (Å²) in [6.07, 6.45) is -4.92. The van der Waals surface area contributed by atoms with Crippen LogP contribution in [0.3, 0.4) is 0 Å². The number of carbonyl (C=O) groups excluding carboxylic acids is 1. The number of amides is 1. The molecule has 2 aromatic rings. The standard InChI is InChI=1S/C21H18F3N3O4/c1-30-16-6-10(4-5-26-16)17-18(15-8-14(28)19(17)31-15)20(29)27-13-7-12(21(22,23)24)3-2-11(13)9-25/h2-7,14-15,17-19,28H,8H2,1H3,(H,27,29). The average Bonchev–Trinajstić information content (AvgIpc) is 3.30. The lowest BCUT2D eigenvalue weighted by Gasteiger charge is -2.30. The molecule has 4 rings (SSSR count). The molecule has 2 saturated heterocycles. The maximum atomic E-state index is 13.2. The fourth-order valence-electron chi connectivity index (χ4n) is 4.32. The average molecular weight is 433 g/mol. The Balaban J connectivity index is 1.67. The Kier molecular flexibility index (Phi) is 5.33. The Labute approximate surface area is 175 Å². The summed E-state index contributed by atoms with van der Waals surface area (Å²) < 4.78 is 50.2. The summed E-state index contributed by atoms with van der Waals surface area (Å²) in [6, 6.07) is 7.65. The molecule has 2 fully saturated rings. The van der Waals surface area contributed by atoms with E-state index in [1.807, 2.05) is 0 Å². The van der Waals surface area contributed by atoms with Gasteiger partial charge < -0.3 is 19.9 Å². The fraction of sp³-hybridized carbons (Fsp3) is 0.381. The summed E-state index contributed by atoms with van der Waals surface area (Å²) in [7, 11) is 1.44. The van der Waals surface area contributed by atoms with Gasteiger partial charge in [-0.05, 0) is 29.8 Å². The molecular weight excluding hydrogens is 415 g/mol. The highest BCUT2D eigenvalue weighted by atomic mass is 19.4. The first-order chi connectivity index (χ1) is 14.7. The highest BCUT2D eigenvalue weighted by Crippen LogP contribution is 2.49. The monoisotopic (exact) mass is 433 g/mol. The zero-order chi connectivity index (χ0) is 22.3. The number of rotatable bonds is 4. The highest BCUT2D eigenvalue weighted by Gasteiger charge is 2.57. The van der Waals surface area contributed by atoms with Crippen molar-refractivity contribution in [3.05, 3.63) is 53.2 Å². The van der Waals surface area contributed by atoms with E-state index in [0.29, 0.717) is 11.4 Å². The van der Waals surface area contributed by atoms with Crippen LogP contribution in [-0.2, 0) is 15.7 Å². The molecular formula is C21H18F3N3O4. The zero-order valence-electron chi connectivity index (χ0n) is 16.3. The van der Waals surface area contributed by atoms with Crippen molar-refractivity contribution >= 4 is 11.6 Å². The van der Waals surface area contributed by atoms with E-state index >= 15 is 0 Å². The van der Waals surface area contributed by atoms with Crippen molar-refractivity contribution in [1.29, 1.82) is 5.26 Å². The van der Waals surface area contributed by atoms with Crippen molar-refractivity contribution < 1.29 is 32.5 Å². The largest absolute Gasteiger partial charge is 0.481 e. The number of hydrogen-bond acceptors (Lipinski definition) is 6. The number of nitrogens with zero attached hydrogens (tertiary/aromatic N) is 2. The van der Waals surface area contributed by atoms with Crippen LogP contribution in [0.2, 0.25) is 0 Å². The molecule has 2 N–H and O–H groups in total. The van der Waals surface area contributed by atoms with E-state index in [1.165, 1.54) is 13.3 Å². The topological polar surface area (TPSA) is 104 Å². The van der Waals surface area contributed by atoms with Crippen molar-refractivity contribution in [3.8, 4) is 11.9 Å². The normalized spacial score (nSPS) is 27.0. The highest BCUT2D eigenvalue weighted by molar-refractivity contribution is 5.95. The molecule has 31 heavy (non-hydrogen) atoms. The van der Waals surface area contributed by atoms with Gasteiger partial charge >= 0.3 is 6.18 Å². The number of benzene rings is 1. The van der Waals surface area contributed by atoms with Gasteiger partial charge in [0.2, 0.25) is 11.8 Å². The third kappa shape index (κ3) is 3.82. The Morgan fingerprint density at radius 3 is 2.81 bits per heavy atom. The van der Waals surface area contributed by atoms with Crippen LogP contribution in [0.15, 0.2) is 36.5 Å². The first-order valence-corrected chi connectivity index (χ1v) is 9.48. The van der Waals surface area contributed by atoms with Crippen molar-refractivity contribution in [3.63, 3.8) is 0 Å². The number of pyridine rings is 1. The molecule has 5 unspecified atom stereocenters. The van der Waals surface area contributed by atoms with Crippen molar-refractivity contribution in [1.82, 2.24) is 4.98 Å². The predicted octanol–water partition coefficient (Wildman–Crippen LogP) is 2.85. The molecule has 0 spiro atoms. The molecule has 2 bridgehead atoms. The lowest BCUT2D eigenvalue weighted by Crippen LogP contribution is -2.41. The number of halogens is 3. The number of methoxy groups -OCH3 is 1. The lowest BCUT2D eigenvalue weighted by molar-refractivity contribution is -0.137. The number of hydrogen-bond donors (Lipinski definition) is 2. The SMILES string of the molecule is COc1cc(C2C3OC(CC3O)C2C(=O)Nc2cc(C(F)(F)F)ccc2C#N)ccn1. The molecule has 2 aliphatic rings. The Hall–Kier alpha value is -3.16. The number of alkyl halides is 3. The minimum Gasteiger partial charge on any atom is -0.481 e. The number of anilines is 1. The van der Waals surface area contributed by atoms with Gasteiger partial charge in [-0.15, -0.1) is 0 Å². The Morgan fingerprint density at radius 2 is 2.13 bits per heavy atom. The lowest BCUT2D eigenvalue weighted by atomic mass is 9.74. The van der Waals surface area contributed by atoms with Crippen LogP contribution in [0.4, 0.5) is 18.9 Å². The number of nitriles is 1. The Morgan fingerprint density at radius 1 is 1.35 bits per heavy atom. The third-order valence-electron chi connectivity index (χ3n) is 5.71. The van der Waals surface area contributed by atoms with Crippen LogP contribution in [0.1, 0.15) is 29.0 Å². The molecule has 5 atom stereocenters. The maximum Gasteiger partial charge on any atom is 0.416 e. The second-order valence-electron chi connectivity index (χ2n) is 7.48. The summed E-state index contributed by atoms with van der Waals surface area (Å²) in [5.74, 6) is -1.60. The number of aliphatic hydroxyl groups is 1. The molecule has 10 heteroatoms. The molecule has 1 amide bonds. The molecule has 0 saturated carbocycles. The first kappa shape index (κ1) is 21.1. The van der Waals surface area contributed by atoms with Gasteiger partial charge in [-0.1, -0.05) is 0 Å². The van der Waals surface area contributed by atoms with Crippen LogP contribution >= 0.6 is 0 Å². The van der Waals surface area contributed by atoms with Crippen LogP contribution in [0, 0.1) is 17.2 Å². The van der Waals surface area contributed by atoms with E-state index in [2.05, 4.69) is 10.3 Å². The van der Waals surface area contributed by atoms with Crippen LogP contribution in [0.5, 0.6) is 5.88 Å². The second kappa shape index (κ2) is 7.83. The third-order valence-corrected chi connectivity index (χ3v) is 5.71. The molecule has 3 heterocycles. The number of aliphatic hydroxyl groups excluding tert-OH is 1. The number of carbonyl (C=O) groups is 1. The summed E-state index contributed by atoms with van der Waals surface area (Å²) in [4.78, 5) is 17.2. The Bertz CT molecular complexity index is 1050. The number of nitrogens with one attached hydrogen (secondary N) is 1. The van der Waals surface area contributed by atoms with Gasteiger partial charge in [0.05, 0.1) is 48.2 Å². The predicted molar refractivity (Wildman–Crippen MR) is 101 cm³/mol. The van der Waals surface area contributed by atoms with E-state index in [0.717, 1.165) is 18.2 Å². The van der Waals surface area contributed by atoms with E-state index in [1.54, 1.807) is 18.2 Å². The number of ether oxygens (including phenoxy) is 2. The first-order valence-electron chi connectivity index (χ1n) is 9.48. The van der Waals surface area contributed by atoms with Crippen molar-refractivity contribution in [2.45, 2.75) is 36.8 Å². The molecule has 2 aliphatic heterocycles. The molecule has 1 aromatic heterocycles. The van der Waals surface area contributed by atoms with Gasteiger partial charge in [0.15, 0.2) is 0 Å². The summed E-state index contributed by atoms with van der Waals surface area (Å²) in [6.45, 7) is 0. The number of aromatic nitrogens is 1. The van der Waals surface area contributed by atoms with Crippen molar-refractivity contribution in [2.24, 2.45) is 5.92 Å². The molecule has 0 radical (unpaired) electrons. The van der Waals surface area contributed by atoms with E-state index in [9.17, 15) is 28.3 Å². The van der Waals surface area contributed by atoms with Gasteiger partial charge in [-0.25, -0.2) is 4.98 Å². The number of fused-ring (bicyclic) bond motifs is 2.